The third-order valence-corrected chi connectivity index (χ3v) is 0.319. The summed E-state index contributed by atoms with van der Waals surface area (Å²) in [6.07, 6.45) is 4.23. The van der Waals surface area contributed by atoms with Crippen molar-refractivity contribution in [3.8, 4) is 0 Å². The maximum Gasteiger partial charge on any atom is 0.126 e. The molecule has 0 aromatic carbocycles. The molecule has 0 saturated heterocycles. The Hall–Kier alpha value is -0.990. The van der Waals surface area contributed by atoms with Crippen molar-refractivity contribution in [1.29, 1.82) is 0 Å². The Kier molecular flexibility index (Phi) is 4.30. The van der Waals surface area contributed by atoms with E-state index in [9.17, 15) is 0 Å². The lowest BCUT2D eigenvalue weighted by molar-refractivity contribution is 0.269. The molecule has 0 aliphatic heterocycles. The van der Waals surface area contributed by atoms with Gasteiger partial charge in [-0.1, -0.05) is 5.16 Å². The van der Waals surface area contributed by atoms with Crippen molar-refractivity contribution in [2.45, 2.75) is 6.92 Å². The Morgan fingerprint density at radius 1 is 1.71 bits per heavy atom. The Bertz CT molecular complexity index is 67.8. The maximum absolute atomic E-state index is 4.82. The second-order valence-corrected chi connectivity index (χ2v) is 0.829. The first-order chi connectivity index (χ1) is 3.41. The van der Waals surface area contributed by atoms with Crippen LogP contribution < -0.4 is 5.73 Å². The van der Waals surface area contributed by atoms with Gasteiger partial charge in [0.2, 0.25) is 0 Å². The van der Waals surface area contributed by atoms with Gasteiger partial charge in [0, 0.05) is 0 Å². The molecular formula is C4H8N2O. The third kappa shape index (κ3) is 5.01. The van der Waals surface area contributed by atoms with E-state index in [2.05, 4.69) is 9.99 Å². The summed E-state index contributed by atoms with van der Waals surface area (Å²) in [7, 11) is 0. The smallest absolute Gasteiger partial charge is 0.126 e. The van der Waals surface area contributed by atoms with Crippen molar-refractivity contribution in [3.63, 3.8) is 0 Å². The van der Waals surface area contributed by atoms with Crippen LogP contribution in [0.15, 0.2) is 17.5 Å². The molecule has 0 spiro atoms. The summed E-state index contributed by atoms with van der Waals surface area (Å²) in [5.74, 6) is 0. The molecule has 0 aliphatic carbocycles. The van der Waals surface area contributed by atoms with Gasteiger partial charge in [-0.3, -0.25) is 0 Å². The largest absolute Gasteiger partial charge is 0.387 e. The first kappa shape index (κ1) is 6.01. The first-order valence-electron chi connectivity index (χ1n) is 1.92. The molecule has 0 heterocycles. The second kappa shape index (κ2) is 5.01. The van der Waals surface area contributed by atoms with E-state index in [0.717, 1.165) is 6.34 Å². The van der Waals surface area contributed by atoms with Crippen molar-refractivity contribution >= 4 is 6.34 Å². The highest BCUT2D eigenvalue weighted by Crippen LogP contribution is 1.72. The summed E-state index contributed by atoms with van der Waals surface area (Å²) in [6.45, 7) is 1.83. The monoisotopic (exact) mass is 100 g/mol. The standard InChI is InChI=1S/C4H8N2O/c1-2-3-7-6-4-5/h2-4H,1H3,(H2,5,6)/b3-2+. The summed E-state index contributed by atoms with van der Waals surface area (Å²) < 4.78 is 0. The van der Waals surface area contributed by atoms with E-state index in [1.165, 1.54) is 6.26 Å². The number of allylic oxidation sites excluding steroid dienone is 1. The first-order valence-corrected chi connectivity index (χ1v) is 1.92. The SMILES string of the molecule is C/C=C/O/N=C\N. The molecule has 3 heteroatoms. The van der Waals surface area contributed by atoms with Crippen LogP contribution in [0.4, 0.5) is 0 Å². The third-order valence-electron chi connectivity index (χ3n) is 0.319. The van der Waals surface area contributed by atoms with Crippen molar-refractivity contribution in [2.24, 2.45) is 10.9 Å². The second-order valence-electron chi connectivity index (χ2n) is 0.829. The fraction of sp³-hybridized carbons (Fsp3) is 0.250. The van der Waals surface area contributed by atoms with Gasteiger partial charge in [-0.25, -0.2) is 0 Å². The average Bonchev–Trinajstić information content (AvgIpc) is 1.69. The Balaban J connectivity index is 2.98. The van der Waals surface area contributed by atoms with Gasteiger partial charge < -0.3 is 10.6 Å². The lowest BCUT2D eigenvalue weighted by Crippen LogP contribution is -1.87. The molecule has 0 aliphatic rings. The molecule has 0 bridgehead atoms. The van der Waals surface area contributed by atoms with Crippen LogP contribution in [-0.2, 0) is 4.84 Å². The molecule has 0 aromatic heterocycles. The Morgan fingerprint density at radius 3 is 2.86 bits per heavy atom. The predicted octanol–water partition coefficient (Wildman–Crippen LogP) is 0.439. The lowest BCUT2D eigenvalue weighted by atomic mass is 10.7. The van der Waals surface area contributed by atoms with Gasteiger partial charge in [0.1, 0.15) is 12.6 Å². The van der Waals surface area contributed by atoms with Crippen LogP contribution in [0.5, 0.6) is 0 Å². The fourth-order valence-corrected chi connectivity index (χ4v) is 0.131. The molecule has 0 aromatic rings. The van der Waals surface area contributed by atoms with E-state index < -0.39 is 0 Å². The predicted molar refractivity (Wildman–Crippen MR) is 28.6 cm³/mol. The van der Waals surface area contributed by atoms with Gasteiger partial charge in [0.05, 0.1) is 0 Å². The summed E-state index contributed by atoms with van der Waals surface area (Å²) in [6, 6.07) is 0. The highest BCUT2D eigenvalue weighted by atomic mass is 16.6. The van der Waals surface area contributed by atoms with Crippen LogP contribution in [0.2, 0.25) is 0 Å². The summed E-state index contributed by atoms with van der Waals surface area (Å²) in [5.41, 5.74) is 4.82. The van der Waals surface area contributed by atoms with Crippen LogP contribution in [0.1, 0.15) is 6.92 Å². The van der Waals surface area contributed by atoms with E-state index in [-0.39, 0.29) is 0 Å². The van der Waals surface area contributed by atoms with Crippen molar-refractivity contribution in [1.82, 2.24) is 0 Å². The average molecular weight is 100 g/mol. The summed E-state index contributed by atoms with van der Waals surface area (Å²) >= 11 is 0. The number of nitrogens with two attached hydrogens (primary N) is 1. The number of hydrogen-bond donors (Lipinski definition) is 1. The van der Waals surface area contributed by atoms with E-state index in [0.29, 0.717) is 0 Å². The zero-order chi connectivity index (χ0) is 5.54. The maximum atomic E-state index is 4.82. The highest BCUT2D eigenvalue weighted by molar-refractivity contribution is 5.50. The fourth-order valence-electron chi connectivity index (χ4n) is 0.131. The molecule has 0 saturated carbocycles. The topological polar surface area (TPSA) is 47.6 Å². The highest BCUT2D eigenvalue weighted by Gasteiger charge is 1.58. The van der Waals surface area contributed by atoms with Crippen LogP contribution in [0, 0.1) is 0 Å². The van der Waals surface area contributed by atoms with Gasteiger partial charge >= 0.3 is 0 Å². The van der Waals surface area contributed by atoms with Crippen LogP contribution in [0.25, 0.3) is 0 Å². The molecule has 0 fully saturated rings. The minimum atomic E-state index is 1.08. The molecule has 3 nitrogen and oxygen atoms in total. The van der Waals surface area contributed by atoms with Crippen LogP contribution in [0.3, 0.4) is 0 Å². The van der Waals surface area contributed by atoms with Gasteiger partial charge in [-0.05, 0) is 13.0 Å². The van der Waals surface area contributed by atoms with E-state index >= 15 is 0 Å². The normalized spacial score (nSPS) is 11.0. The minimum absolute atomic E-state index is 1.08. The molecule has 2 N–H and O–H groups in total. The molecule has 0 unspecified atom stereocenters. The van der Waals surface area contributed by atoms with Gasteiger partial charge in [-0.15, -0.1) is 0 Å². The van der Waals surface area contributed by atoms with Crippen molar-refractivity contribution < 1.29 is 4.84 Å². The Morgan fingerprint density at radius 2 is 2.43 bits per heavy atom. The Labute approximate surface area is 42.4 Å². The lowest BCUT2D eigenvalue weighted by Gasteiger charge is -1.80. The quantitative estimate of drug-likeness (QED) is 0.237. The number of nitrogens with zero attached hydrogens (tertiary/aromatic N) is 1. The van der Waals surface area contributed by atoms with Gasteiger partial charge in [0.15, 0.2) is 0 Å². The van der Waals surface area contributed by atoms with Crippen molar-refractivity contribution in [3.05, 3.63) is 12.3 Å². The zero-order valence-corrected chi connectivity index (χ0v) is 4.16. The molecule has 40 valence electrons. The van der Waals surface area contributed by atoms with Crippen molar-refractivity contribution in [2.75, 3.05) is 0 Å². The van der Waals surface area contributed by atoms with E-state index in [1.54, 1.807) is 6.08 Å². The minimum Gasteiger partial charge on any atom is -0.387 e. The number of rotatable bonds is 2. The van der Waals surface area contributed by atoms with Gasteiger partial charge in [-0.2, -0.15) is 0 Å². The van der Waals surface area contributed by atoms with E-state index in [4.69, 9.17) is 5.73 Å². The molecular weight excluding hydrogens is 92.1 g/mol. The molecule has 0 rings (SSSR count). The van der Waals surface area contributed by atoms with Crippen LogP contribution in [-0.4, -0.2) is 6.34 Å². The van der Waals surface area contributed by atoms with Gasteiger partial charge in [0.25, 0.3) is 0 Å². The summed E-state index contributed by atoms with van der Waals surface area (Å²) in [5, 5.41) is 3.23. The number of oxime groups is 1. The summed E-state index contributed by atoms with van der Waals surface area (Å²) in [4.78, 5) is 4.40. The molecule has 0 atom stereocenters. The van der Waals surface area contributed by atoms with Crippen LogP contribution >= 0.6 is 0 Å². The van der Waals surface area contributed by atoms with E-state index in [1.807, 2.05) is 6.92 Å². The molecule has 0 amide bonds. The number of hydrogen-bond acceptors (Lipinski definition) is 2. The molecule has 7 heavy (non-hydrogen) atoms. The zero-order valence-electron chi connectivity index (χ0n) is 4.16. The molecule has 0 radical (unpaired) electrons.